The summed E-state index contributed by atoms with van der Waals surface area (Å²) in [6.07, 6.45) is 2.85. The van der Waals surface area contributed by atoms with Crippen LogP contribution in [-0.2, 0) is 0 Å². The summed E-state index contributed by atoms with van der Waals surface area (Å²) in [6.45, 7) is 0. The lowest BCUT2D eigenvalue weighted by molar-refractivity contribution is 0.0896. The molecule has 3 rings (SSSR count). The smallest absolute Gasteiger partial charge is 0.170 e. The highest BCUT2D eigenvalue weighted by Gasteiger charge is 2.43. The van der Waals surface area contributed by atoms with Gasteiger partial charge in [-0.2, -0.15) is 0 Å². The minimum atomic E-state index is -0.752. The Morgan fingerprint density at radius 1 is 1.29 bits per heavy atom. The predicted molar refractivity (Wildman–Crippen MR) is 58.7 cm³/mol. The molecule has 2 heterocycles. The molecular formula is C13H13F2NO. The fraction of sp³-hybridized carbons (Fsp3) is 0.462. The first-order valence-corrected chi connectivity index (χ1v) is 5.90. The highest BCUT2D eigenvalue weighted by molar-refractivity contribution is 5.98. The first kappa shape index (κ1) is 10.8. The predicted octanol–water partition coefficient (Wildman–Crippen LogP) is 2.29. The molecule has 0 spiro atoms. The summed E-state index contributed by atoms with van der Waals surface area (Å²) in [7, 11) is 0. The van der Waals surface area contributed by atoms with E-state index in [4.69, 9.17) is 0 Å². The topological polar surface area (TPSA) is 29.1 Å². The normalized spacial score (nSPS) is 30.8. The molecule has 2 aliphatic heterocycles. The molecule has 0 saturated carbocycles. The number of rotatable bonds is 2. The maximum absolute atomic E-state index is 13.5. The van der Waals surface area contributed by atoms with Crippen LogP contribution in [0.1, 0.15) is 29.6 Å². The van der Waals surface area contributed by atoms with Crippen molar-refractivity contribution >= 4 is 5.78 Å². The van der Waals surface area contributed by atoms with Crippen LogP contribution >= 0.6 is 0 Å². The monoisotopic (exact) mass is 237 g/mol. The standard InChI is InChI=1S/C13H13F2NO/c14-7-1-3-9(11(15)5-7)13(17)10-6-8-2-4-12(10)16-8/h1,3,5,8,10,12,16H,2,4,6H2. The average molecular weight is 237 g/mol. The summed E-state index contributed by atoms with van der Waals surface area (Å²) in [5, 5.41) is 3.34. The second kappa shape index (κ2) is 3.88. The third kappa shape index (κ3) is 1.76. The number of nitrogens with one attached hydrogen (secondary N) is 1. The number of carbonyl (C=O) groups is 1. The van der Waals surface area contributed by atoms with Gasteiger partial charge in [-0.15, -0.1) is 0 Å². The van der Waals surface area contributed by atoms with E-state index in [1.807, 2.05) is 0 Å². The van der Waals surface area contributed by atoms with E-state index >= 15 is 0 Å². The molecule has 2 saturated heterocycles. The van der Waals surface area contributed by atoms with E-state index < -0.39 is 11.6 Å². The van der Waals surface area contributed by atoms with Crippen molar-refractivity contribution in [2.24, 2.45) is 5.92 Å². The number of hydrogen-bond acceptors (Lipinski definition) is 2. The van der Waals surface area contributed by atoms with Crippen molar-refractivity contribution in [1.82, 2.24) is 5.32 Å². The van der Waals surface area contributed by atoms with Gasteiger partial charge in [0.25, 0.3) is 0 Å². The fourth-order valence-electron chi connectivity index (χ4n) is 3.00. The zero-order valence-electron chi connectivity index (χ0n) is 9.25. The van der Waals surface area contributed by atoms with E-state index in [1.165, 1.54) is 6.07 Å². The van der Waals surface area contributed by atoms with Crippen LogP contribution < -0.4 is 5.32 Å². The summed E-state index contributed by atoms with van der Waals surface area (Å²) in [5.74, 6) is -1.74. The van der Waals surface area contributed by atoms with Crippen molar-refractivity contribution in [3.63, 3.8) is 0 Å². The Bertz CT molecular complexity index is 474. The van der Waals surface area contributed by atoms with Crippen molar-refractivity contribution in [3.05, 3.63) is 35.4 Å². The summed E-state index contributed by atoms with van der Waals surface area (Å²) in [5.41, 5.74) is 0.0192. The van der Waals surface area contributed by atoms with E-state index in [0.29, 0.717) is 6.04 Å². The van der Waals surface area contributed by atoms with Gasteiger partial charge in [0.15, 0.2) is 5.78 Å². The van der Waals surface area contributed by atoms with Gasteiger partial charge in [0, 0.05) is 24.1 Å². The summed E-state index contributed by atoms with van der Waals surface area (Å²) in [4.78, 5) is 12.2. The molecule has 2 bridgehead atoms. The third-order valence-corrected chi connectivity index (χ3v) is 3.83. The van der Waals surface area contributed by atoms with Crippen LogP contribution in [0.15, 0.2) is 18.2 Å². The Hall–Kier alpha value is -1.29. The molecule has 1 N–H and O–H groups in total. The SMILES string of the molecule is O=C(c1ccc(F)cc1F)C1CC2CCC1N2. The Labute approximate surface area is 98.0 Å². The molecule has 2 aliphatic rings. The van der Waals surface area contributed by atoms with Gasteiger partial charge in [0.1, 0.15) is 11.6 Å². The van der Waals surface area contributed by atoms with Crippen molar-refractivity contribution in [1.29, 1.82) is 0 Å². The second-order valence-corrected chi connectivity index (χ2v) is 4.88. The minimum Gasteiger partial charge on any atom is -0.310 e. The van der Waals surface area contributed by atoms with E-state index in [9.17, 15) is 13.6 Å². The van der Waals surface area contributed by atoms with Gasteiger partial charge in [-0.05, 0) is 31.4 Å². The van der Waals surface area contributed by atoms with Gasteiger partial charge in [-0.25, -0.2) is 8.78 Å². The number of Topliss-reactive ketones (excluding diaryl/α,β-unsaturated/α-hetero) is 1. The van der Waals surface area contributed by atoms with Gasteiger partial charge < -0.3 is 5.32 Å². The summed E-state index contributed by atoms with van der Waals surface area (Å²) >= 11 is 0. The first-order valence-electron chi connectivity index (χ1n) is 5.90. The molecule has 1 aromatic rings. The molecular weight excluding hydrogens is 224 g/mol. The molecule has 2 nitrogen and oxygen atoms in total. The Kier molecular flexibility index (Phi) is 2.47. The molecule has 0 aromatic heterocycles. The summed E-state index contributed by atoms with van der Waals surface area (Å²) in [6, 6.07) is 3.73. The Morgan fingerprint density at radius 3 is 2.71 bits per heavy atom. The minimum absolute atomic E-state index is 0.0192. The van der Waals surface area contributed by atoms with Crippen LogP contribution in [-0.4, -0.2) is 17.9 Å². The van der Waals surface area contributed by atoms with Crippen LogP contribution in [0.3, 0.4) is 0 Å². The largest absolute Gasteiger partial charge is 0.310 e. The van der Waals surface area contributed by atoms with Crippen molar-refractivity contribution in [3.8, 4) is 0 Å². The number of hydrogen-bond donors (Lipinski definition) is 1. The maximum atomic E-state index is 13.5. The molecule has 0 amide bonds. The molecule has 17 heavy (non-hydrogen) atoms. The molecule has 1 aromatic carbocycles. The van der Waals surface area contributed by atoms with Gasteiger partial charge in [0.2, 0.25) is 0 Å². The van der Waals surface area contributed by atoms with Crippen LogP contribution in [0, 0.1) is 17.6 Å². The second-order valence-electron chi connectivity index (χ2n) is 4.88. The quantitative estimate of drug-likeness (QED) is 0.799. The van der Waals surface area contributed by atoms with Crippen molar-refractivity contribution in [2.75, 3.05) is 0 Å². The number of benzene rings is 1. The Balaban J connectivity index is 1.87. The number of fused-ring (bicyclic) bond motifs is 2. The molecule has 3 unspecified atom stereocenters. The third-order valence-electron chi connectivity index (χ3n) is 3.83. The zero-order valence-corrected chi connectivity index (χ0v) is 9.25. The van der Waals surface area contributed by atoms with Gasteiger partial charge in [0.05, 0.1) is 5.56 Å². The Morgan fingerprint density at radius 2 is 2.12 bits per heavy atom. The van der Waals surface area contributed by atoms with Gasteiger partial charge in [-0.1, -0.05) is 0 Å². The van der Waals surface area contributed by atoms with Crippen molar-refractivity contribution < 1.29 is 13.6 Å². The lowest BCUT2D eigenvalue weighted by atomic mass is 9.83. The molecule has 4 heteroatoms. The van der Waals surface area contributed by atoms with Crippen LogP contribution in [0.2, 0.25) is 0 Å². The number of halogens is 2. The molecule has 90 valence electrons. The highest BCUT2D eigenvalue weighted by atomic mass is 19.1. The molecule has 0 radical (unpaired) electrons. The molecule has 0 aliphatic carbocycles. The van der Waals surface area contributed by atoms with Crippen LogP contribution in [0.5, 0.6) is 0 Å². The molecule has 3 atom stereocenters. The fourth-order valence-corrected chi connectivity index (χ4v) is 3.00. The van der Waals surface area contributed by atoms with Gasteiger partial charge in [-0.3, -0.25) is 4.79 Å². The number of ketones is 1. The first-order chi connectivity index (χ1) is 8.15. The number of carbonyl (C=O) groups excluding carboxylic acids is 1. The van der Waals surface area contributed by atoms with E-state index in [2.05, 4.69) is 5.32 Å². The van der Waals surface area contributed by atoms with Crippen LogP contribution in [0.25, 0.3) is 0 Å². The molecule has 2 fully saturated rings. The lowest BCUT2D eigenvalue weighted by Gasteiger charge is -2.18. The van der Waals surface area contributed by atoms with E-state index in [-0.39, 0.29) is 23.3 Å². The van der Waals surface area contributed by atoms with E-state index in [1.54, 1.807) is 0 Å². The zero-order chi connectivity index (χ0) is 12.0. The maximum Gasteiger partial charge on any atom is 0.170 e. The van der Waals surface area contributed by atoms with Crippen molar-refractivity contribution in [2.45, 2.75) is 31.3 Å². The summed E-state index contributed by atoms with van der Waals surface area (Å²) < 4.78 is 26.3. The highest BCUT2D eigenvalue weighted by Crippen LogP contribution is 2.35. The van der Waals surface area contributed by atoms with E-state index in [0.717, 1.165) is 31.4 Å². The lowest BCUT2D eigenvalue weighted by Crippen LogP contribution is -2.29. The average Bonchev–Trinajstić information content (AvgIpc) is 2.89. The van der Waals surface area contributed by atoms with Crippen LogP contribution in [0.4, 0.5) is 8.78 Å². The van der Waals surface area contributed by atoms with Gasteiger partial charge >= 0.3 is 0 Å².